The Hall–Kier alpha value is -2.85. The van der Waals surface area contributed by atoms with E-state index >= 15 is 0 Å². The first kappa shape index (κ1) is 22.9. The highest BCUT2D eigenvalue weighted by molar-refractivity contribution is 6.35. The van der Waals surface area contributed by atoms with E-state index < -0.39 is 0 Å². The summed E-state index contributed by atoms with van der Waals surface area (Å²) in [5.74, 6) is 0.202. The van der Waals surface area contributed by atoms with Crippen LogP contribution in [-0.4, -0.2) is 46.3 Å². The predicted molar refractivity (Wildman–Crippen MR) is 135 cm³/mol. The zero-order chi connectivity index (χ0) is 23.8. The number of nitrogens with zero attached hydrogens (tertiary/aromatic N) is 4. The fourth-order valence-electron chi connectivity index (χ4n) is 4.93. The third kappa shape index (κ3) is 4.20. The quantitative estimate of drug-likeness (QED) is 0.542. The van der Waals surface area contributed by atoms with Gasteiger partial charge in [0.05, 0.1) is 17.6 Å². The summed E-state index contributed by atoms with van der Waals surface area (Å²) in [6.45, 7) is 4.25. The summed E-state index contributed by atoms with van der Waals surface area (Å²) in [5, 5.41) is 19.5. The van der Waals surface area contributed by atoms with E-state index in [0.29, 0.717) is 28.8 Å². The van der Waals surface area contributed by atoms with Gasteiger partial charge in [0.1, 0.15) is 6.07 Å². The number of amides is 1. The molecule has 3 heterocycles. The Morgan fingerprint density at radius 1 is 1.26 bits per heavy atom. The fourth-order valence-corrected chi connectivity index (χ4v) is 5.50. The van der Waals surface area contributed by atoms with Crippen LogP contribution in [-0.2, 0) is 4.79 Å². The molecule has 1 N–H and O–H groups in total. The molecular formula is C26H25Cl2N5O. The van der Waals surface area contributed by atoms with Crippen LogP contribution < -0.4 is 5.32 Å². The van der Waals surface area contributed by atoms with E-state index in [4.69, 9.17) is 23.2 Å². The lowest BCUT2D eigenvalue weighted by Crippen LogP contribution is -2.45. The number of aromatic nitrogens is 2. The zero-order valence-corrected chi connectivity index (χ0v) is 20.4. The molecule has 0 bridgehead atoms. The molecule has 174 valence electrons. The number of nitrogens with one attached hydrogen (secondary N) is 1. The van der Waals surface area contributed by atoms with Crippen molar-refractivity contribution in [3.63, 3.8) is 0 Å². The average Bonchev–Trinajstić information content (AvgIpc) is 3.51. The topological polar surface area (TPSA) is 74.0 Å². The van der Waals surface area contributed by atoms with Crippen molar-refractivity contribution in [2.24, 2.45) is 0 Å². The molecule has 0 aliphatic carbocycles. The van der Waals surface area contributed by atoms with Gasteiger partial charge in [-0.2, -0.15) is 10.4 Å². The van der Waals surface area contributed by atoms with Gasteiger partial charge in [-0.3, -0.25) is 9.48 Å². The number of hydrogen-bond donors (Lipinski definition) is 1. The molecule has 2 aromatic carbocycles. The average molecular weight is 494 g/mol. The lowest BCUT2D eigenvalue weighted by atomic mass is 9.97. The Kier molecular flexibility index (Phi) is 6.35. The van der Waals surface area contributed by atoms with E-state index in [1.165, 1.54) is 5.57 Å². The molecule has 1 saturated heterocycles. The van der Waals surface area contributed by atoms with Crippen molar-refractivity contribution < 1.29 is 4.79 Å². The summed E-state index contributed by atoms with van der Waals surface area (Å²) >= 11 is 12.5. The molecule has 6 nitrogen and oxygen atoms in total. The van der Waals surface area contributed by atoms with Crippen LogP contribution in [0.1, 0.15) is 49.0 Å². The highest BCUT2D eigenvalue weighted by atomic mass is 35.5. The van der Waals surface area contributed by atoms with Crippen LogP contribution >= 0.6 is 23.2 Å². The first-order chi connectivity index (χ1) is 16.5. The number of rotatable bonds is 4. The van der Waals surface area contributed by atoms with Crippen molar-refractivity contribution in [3.8, 4) is 6.07 Å². The van der Waals surface area contributed by atoms with E-state index in [0.717, 1.165) is 47.8 Å². The molecule has 8 heteroatoms. The van der Waals surface area contributed by atoms with Crippen molar-refractivity contribution in [3.05, 3.63) is 69.3 Å². The highest BCUT2D eigenvalue weighted by Gasteiger charge is 2.28. The van der Waals surface area contributed by atoms with Crippen molar-refractivity contribution in [2.45, 2.75) is 38.3 Å². The van der Waals surface area contributed by atoms with Gasteiger partial charge in [-0.25, -0.2) is 0 Å². The second-order valence-electron chi connectivity index (χ2n) is 8.89. The maximum atomic E-state index is 12.7. The molecule has 0 spiro atoms. The van der Waals surface area contributed by atoms with Gasteiger partial charge in [0.25, 0.3) is 0 Å². The number of benzene rings is 2. The number of halogens is 2. The summed E-state index contributed by atoms with van der Waals surface area (Å²) in [5.41, 5.74) is 4.43. The number of fused-ring (bicyclic) bond motifs is 1. The molecule has 2 atom stereocenters. The molecule has 1 amide bonds. The third-order valence-corrected chi connectivity index (χ3v) is 7.41. The minimum absolute atomic E-state index is 0.0359. The van der Waals surface area contributed by atoms with Crippen LogP contribution in [0.25, 0.3) is 16.5 Å². The highest BCUT2D eigenvalue weighted by Crippen LogP contribution is 2.33. The Morgan fingerprint density at radius 3 is 2.79 bits per heavy atom. The monoisotopic (exact) mass is 493 g/mol. The lowest BCUT2D eigenvalue weighted by molar-refractivity contribution is -0.132. The lowest BCUT2D eigenvalue weighted by Gasteiger charge is -2.29. The smallest absolute Gasteiger partial charge is 0.239 e. The summed E-state index contributed by atoms with van der Waals surface area (Å²) < 4.78 is 1.86. The first-order valence-electron chi connectivity index (χ1n) is 11.5. The Balaban J connectivity index is 1.46. The Bertz CT molecular complexity index is 1330. The normalized spacial score (nSPS) is 19.2. The standard InChI is InChI=1S/C26H25Cl2N5O/c1-16(20-7-5-19(27)14-22(20)28)33-25-13-18(4-6-21(25)24(15-29)31-33)17-8-11-32(12-9-17)26(34)23-3-2-10-30-23/h4-8,13-14,16,23,30H,2-3,9-12H2,1H3/t16?,23-/m1/s1. The van der Waals surface area contributed by atoms with Crippen LogP contribution in [0.15, 0.2) is 42.5 Å². The van der Waals surface area contributed by atoms with Crippen LogP contribution in [0.5, 0.6) is 0 Å². The van der Waals surface area contributed by atoms with Crippen LogP contribution in [0.3, 0.4) is 0 Å². The Labute approximate surface area is 208 Å². The van der Waals surface area contributed by atoms with Crippen molar-refractivity contribution in [1.29, 1.82) is 5.26 Å². The van der Waals surface area contributed by atoms with Crippen LogP contribution in [0, 0.1) is 11.3 Å². The molecule has 0 radical (unpaired) electrons. The summed E-state index contributed by atoms with van der Waals surface area (Å²) in [4.78, 5) is 14.7. The summed E-state index contributed by atoms with van der Waals surface area (Å²) in [6.07, 6.45) is 4.91. The van der Waals surface area contributed by atoms with Gasteiger partial charge >= 0.3 is 0 Å². The van der Waals surface area contributed by atoms with Gasteiger partial charge in [-0.05, 0) is 73.7 Å². The molecule has 1 unspecified atom stereocenters. The second-order valence-corrected chi connectivity index (χ2v) is 9.73. The van der Waals surface area contributed by atoms with Gasteiger partial charge < -0.3 is 10.2 Å². The maximum Gasteiger partial charge on any atom is 0.239 e. The second kappa shape index (κ2) is 9.42. The molecule has 2 aliphatic rings. The van der Waals surface area contributed by atoms with Crippen LogP contribution in [0.2, 0.25) is 10.0 Å². The van der Waals surface area contributed by atoms with Crippen molar-refractivity contribution >= 4 is 45.6 Å². The molecule has 1 aromatic heterocycles. The van der Waals surface area contributed by atoms with Crippen LogP contribution in [0.4, 0.5) is 0 Å². The van der Waals surface area contributed by atoms with E-state index in [2.05, 4.69) is 28.6 Å². The van der Waals surface area contributed by atoms with E-state index in [-0.39, 0.29) is 18.0 Å². The number of hydrogen-bond acceptors (Lipinski definition) is 4. The zero-order valence-electron chi connectivity index (χ0n) is 18.9. The summed E-state index contributed by atoms with van der Waals surface area (Å²) in [7, 11) is 0. The largest absolute Gasteiger partial charge is 0.337 e. The Morgan fingerprint density at radius 2 is 2.12 bits per heavy atom. The third-order valence-electron chi connectivity index (χ3n) is 6.84. The van der Waals surface area contributed by atoms with Crippen molar-refractivity contribution in [2.75, 3.05) is 19.6 Å². The number of carbonyl (C=O) groups excluding carboxylic acids is 1. The van der Waals surface area contributed by atoms with Gasteiger partial charge in [-0.15, -0.1) is 0 Å². The van der Waals surface area contributed by atoms with Gasteiger partial charge in [0, 0.05) is 28.5 Å². The number of carbonyl (C=O) groups is 1. The minimum Gasteiger partial charge on any atom is -0.337 e. The van der Waals surface area contributed by atoms with Gasteiger partial charge in [0.15, 0.2) is 5.69 Å². The maximum absolute atomic E-state index is 12.7. The van der Waals surface area contributed by atoms with Crippen molar-refractivity contribution in [1.82, 2.24) is 20.0 Å². The van der Waals surface area contributed by atoms with Gasteiger partial charge in [0.2, 0.25) is 5.91 Å². The molecular weight excluding hydrogens is 469 g/mol. The molecule has 2 aliphatic heterocycles. The van der Waals surface area contributed by atoms with E-state index in [9.17, 15) is 10.1 Å². The molecule has 0 saturated carbocycles. The molecule has 1 fully saturated rings. The first-order valence-corrected chi connectivity index (χ1v) is 12.3. The predicted octanol–water partition coefficient (Wildman–Crippen LogP) is 5.19. The minimum atomic E-state index is -0.183. The van der Waals surface area contributed by atoms with E-state index in [1.54, 1.807) is 6.07 Å². The fraction of sp³-hybridized carbons (Fsp3) is 0.346. The van der Waals surface area contributed by atoms with Gasteiger partial charge in [-0.1, -0.05) is 41.4 Å². The molecule has 34 heavy (non-hydrogen) atoms. The number of nitriles is 1. The molecule has 5 rings (SSSR count). The SMILES string of the molecule is CC(c1ccc(Cl)cc1Cl)n1nc(C#N)c2ccc(C3=CCN(C(=O)[C@H]4CCCN4)CC3)cc21. The summed E-state index contributed by atoms with van der Waals surface area (Å²) in [6, 6.07) is 13.5. The van der Waals surface area contributed by atoms with E-state index in [1.807, 2.05) is 40.8 Å². The molecule has 3 aromatic rings.